The van der Waals surface area contributed by atoms with Crippen molar-refractivity contribution in [2.45, 2.75) is 77.2 Å². The first-order chi connectivity index (χ1) is 20.1. The van der Waals surface area contributed by atoms with E-state index in [1.807, 2.05) is 17.2 Å². The highest BCUT2D eigenvalue weighted by molar-refractivity contribution is 6.74. The third-order valence-electron chi connectivity index (χ3n) is 9.09. The molecule has 9 heteroatoms. The largest absolute Gasteiger partial charge is 0.411 e. The fourth-order valence-corrected chi connectivity index (χ4v) is 6.30. The molecule has 1 atom stereocenters. The first-order valence-electron chi connectivity index (χ1n) is 15.2. The van der Waals surface area contributed by atoms with Crippen molar-refractivity contribution >= 4 is 30.9 Å². The monoisotopic (exact) mass is 582 g/mol. The number of aromatic nitrogens is 4. The predicted molar refractivity (Wildman–Crippen MR) is 170 cm³/mol. The first-order valence-corrected chi connectivity index (χ1v) is 18.1. The van der Waals surface area contributed by atoms with Crippen LogP contribution in [0.15, 0.2) is 60.9 Å². The second kappa shape index (κ2) is 11.3. The van der Waals surface area contributed by atoms with Gasteiger partial charge in [-0.15, -0.1) is 0 Å². The van der Waals surface area contributed by atoms with E-state index in [4.69, 9.17) is 14.4 Å². The van der Waals surface area contributed by atoms with Gasteiger partial charge in [0.05, 0.1) is 18.5 Å². The number of amides is 1. The number of likely N-dealkylation sites (tertiary alicyclic amines) is 1. The summed E-state index contributed by atoms with van der Waals surface area (Å²) in [5, 5.41) is 5.98. The van der Waals surface area contributed by atoms with Crippen LogP contribution >= 0.6 is 0 Å². The number of piperidine rings is 1. The van der Waals surface area contributed by atoms with E-state index in [-0.39, 0.29) is 17.0 Å². The molecule has 0 unspecified atom stereocenters. The highest BCUT2D eigenvalue weighted by Gasteiger charge is 2.38. The smallest absolute Gasteiger partial charge is 0.225 e. The van der Waals surface area contributed by atoms with Crippen LogP contribution in [0.3, 0.4) is 0 Å². The number of carbonyl (C=O) groups is 1. The van der Waals surface area contributed by atoms with Crippen molar-refractivity contribution in [2.24, 2.45) is 5.92 Å². The van der Waals surface area contributed by atoms with Crippen molar-refractivity contribution in [1.29, 1.82) is 0 Å². The van der Waals surface area contributed by atoms with E-state index in [0.717, 1.165) is 60.5 Å². The molecule has 2 aliphatic rings. The maximum atomic E-state index is 12.7. The van der Waals surface area contributed by atoms with Crippen LogP contribution in [0.25, 0.3) is 28.0 Å². The molecule has 1 N–H and O–H groups in total. The number of rotatable bonds is 8. The van der Waals surface area contributed by atoms with Crippen LogP contribution in [-0.4, -0.2) is 57.8 Å². The molecule has 6 rings (SSSR count). The number of benzene rings is 2. The molecule has 2 aromatic heterocycles. The quantitative estimate of drug-likeness (QED) is 0.230. The Morgan fingerprint density at radius 2 is 1.83 bits per heavy atom. The number of fused-ring (bicyclic) bond motifs is 1. The lowest BCUT2D eigenvalue weighted by Gasteiger charge is -2.36. The third kappa shape index (κ3) is 5.98. The summed E-state index contributed by atoms with van der Waals surface area (Å²) >= 11 is 0. The molecule has 1 aliphatic heterocycles. The van der Waals surface area contributed by atoms with E-state index in [0.29, 0.717) is 25.0 Å². The number of hydrogen-bond donors (Lipinski definition) is 1. The molecule has 1 saturated carbocycles. The van der Waals surface area contributed by atoms with Crippen LogP contribution < -0.4 is 5.32 Å². The number of nitrogens with one attached hydrogen (secondary N) is 1. The first kappa shape index (κ1) is 28.6. The van der Waals surface area contributed by atoms with Gasteiger partial charge in [0.15, 0.2) is 8.32 Å². The van der Waals surface area contributed by atoms with Crippen LogP contribution in [0, 0.1) is 5.92 Å². The molecule has 0 bridgehead atoms. The summed E-state index contributed by atoms with van der Waals surface area (Å²) in [5.74, 6) is 2.67. The van der Waals surface area contributed by atoms with Gasteiger partial charge in [-0.05, 0) is 66.7 Å². The van der Waals surface area contributed by atoms with Crippen LogP contribution in [0.1, 0.15) is 52.1 Å². The lowest BCUT2D eigenvalue weighted by molar-refractivity contribution is -0.133. The van der Waals surface area contributed by atoms with Crippen molar-refractivity contribution in [3.63, 3.8) is 0 Å². The molecule has 4 aromatic rings. The van der Waals surface area contributed by atoms with E-state index in [1.54, 1.807) is 6.20 Å². The fourth-order valence-electron chi connectivity index (χ4n) is 5.36. The van der Waals surface area contributed by atoms with Crippen molar-refractivity contribution in [3.8, 4) is 17.2 Å². The van der Waals surface area contributed by atoms with Gasteiger partial charge < -0.3 is 14.6 Å². The van der Waals surface area contributed by atoms with Gasteiger partial charge in [-0.2, -0.15) is 4.98 Å². The molecule has 1 aliphatic carbocycles. The van der Waals surface area contributed by atoms with Gasteiger partial charge in [0.1, 0.15) is 11.6 Å². The summed E-state index contributed by atoms with van der Waals surface area (Å²) < 4.78 is 8.76. The topological polar surface area (TPSA) is 85.2 Å². The molecule has 42 heavy (non-hydrogen) atoms. The van der Waals surface area contributed by atoms with Gasteiger partial charge >= 0.3 is 0 Å². The molecule has 8 nitrogen and oxygen atoms in total. The highest BCUT2D eigenvalue weighted by Crippen LogP contribution is 2.38. The van der Waals surface area contributed by atoms with E-state index in [9.17, 15) is 4.79 Å². The molecule has 1 saturated heterocycles. The molecule has 1 amide bonds. The van der Waals surface area contributed by atoms with Gasteiger partial charge in [0, 0.05) is 36.8 Å². The molecular formula is C33H42N6O2Si. The van der Waals surface area contributed by atoms with Gasteiger partial charge in [0.2, 0.25) is 11.9 Å². The zero-order valence-electron chi connectivity index (χ0n) is 25.4. The Balaban J connectivity index is 1.32. The molecule has 2 aromatic carbocycles. The summed E-state index contributed by atoms with van der Waals surface area (Å²) in [7, 11) is -2.00. The highest BCUT2D eigenvalue weighted by atomic mass is 28.4. The maximum Gasteiger partial charge on any atom is 0.225 e. The lowest BCUT2D eigenvalue weighted by atomic mass is 10.1. The number of nitrogens with zero attached hydrogens (tertiary/aromatic N) is 5. The van der Waals surface area contributed by atoms with Crippen molar-refractivity contribution in [2.75, 3.05) is 18.4 Å². The van der Waals surface area contributed by atoms with Gasteiger partial charge in [-0.3, -0.25) is 9.36 Å². The van der Waals surface area contributed by atoms with Gasteiger partial charge in [0.25, 0.3) is 0 Å². The van der Waals surface area contributed by atoms with Gasteiger partial charge in [-0.1, -0.05) is 57.2 Å². The van der Waals surface area contributed by atoms with E-state index >= 15 is 0 Å². The number of imidazole rings is 1. The average molecular weight is 583 g/mol. The Morgan fingerprint density at radius 1 is 1.05 bits per heavy atom. The standard InChI is InChI=1S/C33H42N6O2Si/c1-33(2,3)42(4,5)41-22-28-20-35-30(26-15-12-23-9-6-7-10-25(23)19-26)39(28)29-16-17-34-32(37-29)36-27-11-8-18-38(21-27)31(40)24-13-14-24/h6-7,9-10,12,15-17,19-20,24,27H,8,11,13-14,18,21-22H2,1-5H3,(H,34,36,37)/t27-/m0/s1. The van der Waals surface area contributed by atoms with Crippen molar-refractivity contribution in [3.05, 3.63) is 66.6 Å². The predicted octanol–water partition coefficient (Wildman–Crippen LogP) is 6.82. The number of anilines is 1. The van der Waals surface area contributed by atoms with Crippen LogP contribution in [0.4, 0.5) is 5.95 Å². The van der Waals surface area contributed by atoms with E-state index in [1.165, 1.54) is 5.39 Å². The van der Waals surface area contributed by atoms with E-state index in [2.05, 4.69) is 91.2 Å². The van der Waals surface area contributed by atoms with Crippen LogP contribution in [-0.2, 0) is 15.8 Å². The summed E-state index contributed by atoms with van der Waals surface area (Å²) in [4.78, 5) is 29.2. The Kier molecular flexibility index (Phi) is 7.65. The Labute approximate surface area is 249 Å². The minimum absolute atomic E-state index is 0.0970. The normalized spacial score (nSPS) is 17.9. The Bertz CT molecular complexity index is 1590. The summed E-state index contributed by atoms with van der Waals surface area (Å²) in [6.45, 7) is 13.3. The summed E-state index contributed by atoms with van der Waals surface area (Å²) in [6, 6.07) is 16.9. The number of hydrogen-bond acceptors (Lipinski definition) is 6. The second-order valence-corrected chi connectivity index (χ2v) is 18.1. The zero-order valence-corrected chi connectivity index (χ0v) is 26.4. The van der Waals surface area contributed by atoms with Crippen molar-refractivity contribution in [1.82, 2.24) is 24.4 Å². The minimum atomic E-state index is -2.00. The number of carbonyl (C=O) groups excluding carboxylic acids is 1. The second-order valence-electron chi connectivity index (χ2n) is 13.3. The molecule has 2 fully saturated rings. The average Bonchev–Trinajstić information content (AvgIpc) is 3.74. The minimum Gasteiger partial charge on any atom is -0.411 e. The maximum absolute atomic E-state index is 12.7. The Morgan fingerprint density at radius 3 is 2.60 bits per heavy atom. The molecule has 220 valence electrons. The van der Waals surface area contributed by atoms with Crippen LogP contribution in [0.5, 0.6) is 0 Å². The summed E-state index contributed by atoms with van der Waals surface area (Å²) in [5.41, 5.74) is 1.97. The molecule has 0 radical (unpaired) electrons. The Hall–Kier alpha value is -3.56. The third-order valence-corrected chi connectivity index (χ3v) is 13.6. The molecular weight excluding hydrogens is 540 g/mol. The SMILES string of the molecule is CC(C)(C)[Si](C)(C)OCc1cnc(-c2ccc3ccccc3c2)n1-c1ccnc(N[C@H]2CCCN(C(=O)C3CC3)C2)n1. The fraction of sp³-hybridized carbons (Fsp3) is 0.455. The van der Waals surface area contributed by atoms with Crippen molar-refractivity contribution < 1.29 is 9.22 Å². The van der Waals surface area contributed by atoms with Crippen LogP contribution in [0.2, 0.25) is 18.1 Å². The van der Waals surface area contributed by atoms with Gasteiger partial charge in [-0.25, -0.2) is 9.97 Å². The van der Waals surface area contributed by atoms with E-state index < -0.39 is 8.32 Å². The zero-order chi connectivity index (χ0) is 29.5. The molecule has 0 spiro atoms. The summed E-state index contributed by atoms with van der Waals surface area (Å²) in [6.07, 6.45) is 7.74. The lowest BCUT2D eigenvalue weighted by Crippen LogP contribution is -2.45. The molecule has 3 heterocycles.